The molecule has 4 aromatic rings. The highest BCUT2D eigenvalue weighted by atomic mass is 32.2. The molecule has 0 spiro atoms. The van der Waals surface area contributed by atoms with Crippen molar-refractivity contribution in [3.8, 4) is 5.75 Å². The van der Waals surface area contributed by atoms with E-state index in [4.69, 9.17) is 9.72 Å². The summed E-state index contributed by atoms with van der Waals surface area (Å²) >= 11 is 2.67. The summed E-state index contributed by atoms with van der Waals surface area (Å²) in [5.74, 6) is 0.884. The van der Waals surface area contributed by atoms with E-state index in [1.165, 1.54) is 23.1 Å². The van der Waals surface area contributed by atoms with Gasteiger partial charge in [-0.1, -0.05) is 36.0 Å². The smallest absolute Gasteiger partial charge is 0.272 e. The molecule has 0 unspecified atom stereocenters. The minimum Gasteiger partial charge on any atom is -0.497 e. The number of aromatic nitrogens is 2. The first-order valence-electron chi connectivity index (χ1n) is 10.6. The summed E-state index contributed by atoms with van der Waals surface area (Å²) in [6, 6.07) is 17.4. The zero-order valence-corrected chi connectivity index (χ0v) is 20.4. The lowest BCUT2D eigenvalue weighted by Gasteiger charge is -2.21. The van der Waals surface area contributed by atoms with Crippen molar-refractivity contribution < 1.29 is 9.53 Å². The summed E-state index contributed by atoms with van der Waals surface area (Å²) in [4.78, 5) is 32.8. The van der Waals surface area contributed by atoms with Crippen LogP contribution in [-0.2, 0) is 11.3 Å². The molecule has 0 aliphatic rings. The van der Waals surface area contributed by atoms with Gasteiger partial charge in [-0.2, -0.15) is 0 Å². The van der Waals surface area contributed by atoms with Gasteiger partial charge < -0.3 is 9.64 Å². The van der Waals surface area contributed by atoms with Crippen molar-refractivity contribution in [2.45, 2.75) is 25.5 Å². The van der Waals surface area contributed by atoms with Crippen LogP contribution < -0.4 is 15.2 Å². The lowest BCUT2D eigenvalue weighted by atomic mass is 10.2. The van der Waals surface area contributed by atoms with E-state index in [1.54, 1.807) is 16.6 Å². The van der Waals surface area contributed by atoms with Gasteiger partial charge >= 0.3 is 0 Å². The summed E-state index contributed by atoms with van der Waals surface area (Å²) in [6.45, 7) is 4.88. The van der Waals surface area contributed by atoms with Crippen LogP contribution in [-0.4, -0.2) is 34.9 Å². The van der Waals surface area contributed by atoms with Gasteiger partial charge in [-0.15, -0.1) is 11.3 Å². The molecule has 0 bridgehead atoms. The van der Waals surface area contributed by atoms with Crippen molar-refractivity contribution in [2.75, 3.05) is 24.3 Å². The minimum absolute atomic E-state index is 0.0271. The van der Waals surface area contributed by atoms with E-state index < -0.39 is 0 Å². The van der Waals surface area contributed by atoms with Crippen molar-refractivity contribution in [1.82, 2.24) is 9.55 Å². The molecule has 0 radical (unpaired) electrons. The topological polar surface area (TPSA) is 64.4 Å². The zero-order chi connectivity index (χ0) is 23.4. The molecule has 0 saturated heterocycles. The third kappa shape index (κ3) is 5.12. The summed E-state index contributed by atoms with van der Waals surface area (Å²) in [6.07, 6.45) is 0. The Balaban J connectivity index is 1.63. The first-order chi connectivity index (χ1) is 16.0. The highest BCUT2D eigenvalue weighted by molar-refractivity contribution is 7.99. The van der Waals surface area contributed by atoms with Gasteiger partial charge in [0.25, 0.3) is 5.56 Å². The Kier molecular flexibility index (Phi) is 7.15. The maximum absolute atomic E-state index is 13.3. The quantitative estimate of drug-likeness (QED) is 0.264. The molecule has 6 nitrogen and oxygen atoms in total. The molecule has 170 valence electrons. The monoisotopic (exact) mass is 479 g/mol. The number of rotatable bonds is 8. The molecule has 0 fully saturated rings. The number of thioether (sulfide) groups is 1. The molecule has 8 heteroatoms. The number of benzene rings is 2. The third-order valence-electron chi connectivity index (χ3n) is 5.26. The van der Waals surface area contributed by atoms with Gasteiger partial charge in [0.15, 0.2) is 5.16 Å². The molecule has 0 aliphatic carbocycles. The number of anilines is 1. The number of methoxy groups -OCH3 is 1. The SMILES string of the molecule is CCN(C(=O)CSc1nc2ccsc2c(=O)n1Cc1cccc(OC)c1)c1cccc(C)c1. The fourth-order valence-electron chi connectivity index (χ4n) is 3.63. The molecular weight excluding hydrogens is 454 g/mol. The molecule has 0 saturated carbocycles. The molecular formula is C25H25N3O3S2. The largest absolute Gasteiger partial charge is 0.497 e. The summed E-state index contributed by atoms with van der Waals surface area (Å²) < 4.78 is 7.58. The number of hydrogen-bond acceptors (Lipinski definition) is 6. The Morgan fingerprint density at radius 3 is 2.76 bits per heavy atom. The molecule has 1 amide bonds. The van der Waals surface area contributed by atoms with Crippen LogP contribution in [0.5, 0.6) is 5.75 Å². The van der Waals surface area contributed by atoms with Crippen molar-refractivity contribution in [3.63, 3.8) is 0 Å². The summed E-state index contributed by atoms with van der Waals surface area (Å²) in [5.41, 5.74) is 3.46. The van der Waals surface area contributed by atoms with Crippen LogP contribution in [0, 0.1) is 6.92 Å². The predicted molar refractivity (Wildman–Crippen MR) is 136 cm³/mol. The number of aryl methyl sites for hydroxylation is 1. The second-order valence-electron chi connectivity index (χ2n) is 7.54. The van der Waals surface area contributed by atoms with Gasteiger partial charge in [0, 0.05) is 12.2 Å². The Morgan fingerprint density at radius 1 is 1.18 bits per heavy atom. The number of amides is 1. The van der Waals surface area contributed by atoms with Gasteiger partial charge in [0.2, 0.25) is 5.91 Å². The Morgan fingerprint density at radius 2 is 2.00 bits per heavy atom. The predicted octanol–water partition coefficient (Wildman–Crippen LogP) is 4.97. The van der Waals surface area contributed by atoms with E-state index >= 15 is 0 Å². The first-order valence-corrected chi connectivity index (χ1v) is 12.5. The Hall–Kier alpha value is -3.10. The molecule has 2 aromatic carbocycles. The standard InChI is InChI=1S/C25H25N3O3S2/c1-4-27(19-9-5-7-17(2)13-19)22(29)16-33-25-26-21-11-12-32-23(21)24(30)28(25)15-18-8-6-10-20(14-18)31-3/h5-14H,4,15-16H2,1-3H3. The van der Waals surface area contributed by atoms with Gasteiger partial charge in [0.05, 0.1) is 24.9 Å². The highest BCUT2D eigenvalue weighted by Gasteiger charge is 2.18. The van der Waals surface area contributed by atoms with E-state index in [9.17, 15) is 9.59 Å². The Bertz CT molecular complexity index is 1350. The van der Waals surface area contributed by atoms with E-state index in [1.807, 2.05) is 73.8 Å². The average Bonchev–Trinajstić information content (AvgIpc) is 3.29. The first kappa shape index (κ1) is 23.1. The number of hydrogen-bond donors (Lipinski definition) is 0. The van der Waals surface area contributed by atoms with Gasteiger partial charge in [-0.3, -0.25) is 14.2 Å². The fourth-order valence-corrected chi connectivity index (χ4v) is 5.28. The lowest BCUT2D eigenvalue weighted by Crippen LogP contribution is -2.32. The van der Waals surface area contributed by atoms with Crippen LogP contribution in [0.2, 0.25) is 0 Å². The van der Waals surface area contributed by atoms with Gasteiger partial charge in [0.1, 0.15) is 10.4 Å². The highest BCUT2D eigenvalue weighted by Crippen LogP contribution is 2.24. The molecule has 2 aromatic heterocycles. The second-order valence-corrected chi connectivity index (χ2v) is 9.40. The molecule has 0 atom stereocenters. The second kappa shape index (κ2) is 10.2. The van der Waals surface area contributed by atoms with Gasteiger partial charge in [-0.05, 0) is 60.7 Å². The molecule has 0 aliphatic heterocycles. The van der Waals surface area contributed by atoms with Crippen molar-refractivity contribution in [1.29, 1.82) is 0 Å². The van der Waals surface area contributed by atoms with Crippen LogP contribution in [0.1, 0.15) is 18.1 Å². The van der Waals surface area contributed by atoms with Crippen LogP contribution in [0.3, 0.4) is 0 Å². The number of carbonyl (C=O) groups is 1. The molecule has 33 heavy (non-hydrogen) atoms. The normalized spacial score (nSPS) is 11.0. The lowest BCUT2D eigenvalue weighted by molar-refractivity contribution is -0.116. The van der Waals surface area contributed by atoms with Crippen molar-refractivity contribution in [2.24, 2.45) is 0 Å². The summed E-state index contributed by atoms with van der Waals surface area (Å²) in [5, 5.41) is 2.40. The number of nitrogens with zero attached hydrogens (tertiary/aromatic N) is 3. The van der Waals surface area contributed by atoms with E-state index in [0.29, 0.717) is 28.5 Å². The van der Waals surface area contributed by atoms with Gasteiger partial charge in [-0.25, -0.2) is 4.98 Å². The average molecular weight is 480 g/mol. The van der Waals surface area contributed by atoms with Crippen LogP contribution in [0.15, 0.2) is 69.9 Å². The number of thiophene rings is 1. The number of carbonyl (C=O) groups excluding carboxylic acids is 1. The molecule has 2 heterocycles. The molecule has 0 N–H and O–H groups in total. The fraction of sp³-hybridized carbons (Fsp3) is 0.240. The maximum atomic E-state index is 13.3. The van der Waals surface area contributed by atoms with Crippen LogP contribution >= 0.6 is 23.1 Å². The molecule has 4 rings (SSSR count). The van der Waals surface area contributed by atoms with Crippen LogP contribution in [0.4, 0.5) is 5.69 Å². The van der Waals surface area contributed by atoms with E-state index in [-0.39, 0.29) is 17.2 Å². The Labute approximate surface area is 200 Å². The van der Waals surface area contributed by atoms with E-state index in [2.05, 4.69) is 0 Å². The third-order valence-corrected chi connectivity index (χ3v) is 7.11. The zero-order valence-electron chi connectivity index (χ0n) is 18.8. The number of ether oxygens (including phenoxy) is 1. The minimum atomic E-state index is -0.0983. The van der Waals surface area contributed by atoms with Crippen LogP contribution in [0.25, 0.3) is 10.2 Å². The number of fused-ring (bicyclic) bond motifs is 1. The van der Waals surface area contributed by atoms with E-state index in [0.717, 1.165) is 22.6 Å². The van der Waals surface area contributed by atoms with Crippen molar-refractivity contribution in [3.05, 3.63) is 81.5 Å². The van der Waals surface area contributed by atoms with Crippen molar-refractivity contribution >= 4 is 44.9 Å². The summed E-state index contributed by atoms with van der Waals surface area (Å²) in [7, 11) is 1.62. The maximum Gasteiger partial charge on any atom is 0.272 e.